The Hall–Kier alpha value is -2.86. The molecule has 1 aromatic heterocycles. The highest BCUT2D eigenvalue weighted by atomic mass is 35.5. The number of rotatable bonds is 3. The van der Waals surface area contributed by atoms with Crippen LogP contribution in [0, 0.1) is 17.0 Å². The van der Waals surface area contributed by atoms with Crippen LogP contribution in [0.15, 0.2) is 48.5 Å². The van der Waals surface area contributed by atoms with Crippen LogP contribution in [0.5, 0.6) is 0 Å². The van der Waals surface area contributed by atoms with Crippen LogP contribution in [0.2, 0.25) is 5.02 Å². The summed E-state index contributed by atoms with van der Waals surface area (Å²) in [6.45, 7) is 1.84. The Morgan fingerprint density at radius 1 is 1.22 bits per heavy atom. The molecule has 0 aliphatic rings. The highest BCUT2D eigenvalue weighted by molar-refractivity contribution is 6.30. The van der Waals surface area contributed by atoms with Crippen LogP contribution in [0.3, 0.4) is 0 Å². The third-order valence-corrected chi connectivity index (χ3v) is 3.77. The zero-order valence-corrected chi connectivity index (χ0v) is 13.0. The predicted molar refractivity (Wildman–Crippen MR) is 89.8 cm³/mol. The molecule has 3 aromatic rings. The number of nitro groups is 1. The Kier molecular flexibility index (Phi) is 3.75. The van der Waals surface area contributed by atoms with Gasteiger partial charge in [0, 0.05) is 22.7 Å². The summed E-state index contributed by atoms with van der Waals surface area (Å²) in [6.07, 6.45) is 0. The van der Waals surface area contributed by atoms with Crippen molar-refractivity contribution in [2.45, 2.75) is 6.92 Å². The van der Waals surface area contributed by atoms with Gasteiger partial charge in [-0.1, -0.05) is 29.8 Å². The van der Waals surface area contributed by atoms with Gasteiger partial charge in [-0.25, -0.2) is 4.68 Å². The van der Waals surface area contributed by atoms with Crippen LogP contribution < -0.4 is 5.73 Å². The van der Waals surface area contributed by atoms with Gasteiger partial charge in [0.1, 0.15) is 5.82 Å². The molecule has 0 saturated carbocycles. The van der Waals surface area contributed by atoms with Gasteiger partial charge in [-0.3, -0.25) is 10.1 Å². The first-order valence-electron chi connectivity index (χ1n) is 6.83. The van der Waals surface area contributed by atoms with Gasteiger partial charge < -0.3 is 5.73 Å². The largest absolute Gasteiger partial charge is 0.383 e. The number of nitrogens with zero attached hydrogens (tertiary/aromatic N) is 3. The predicted octanol–water partition coefficient (Wildman–Crippen LogP) is 3.99. The minimum Gasteiger partial charge on any atom is -0.383 e. The lowest BCUT2D eigenvalue weighted by Crippen LogP contribution is -2.03. The Balaban J connectivity index is 2.13. The van der Waals surface area contributed by atoms with Crippen molar-refractivity contribution in [3.05, 3.63) is 69.4 Å². The lowest BCUT2D eigenvalue weighted by molar-refractivity contribution is -0.384. The molecule has 0 aliphatic heterocycles. The second-order valence-electron chi connectivity index (χ2n) is 5.04. The first kappa shape index (κ1) is 15.1. The van der Waals surface area contributed by atoms with E-state index in [1.54, 1.807) is 24.3 Å². The topological polar surface area (TPSA) is 87.0 Å². The van der Waals surface area contributed by atoms with E-state index in [1.165, 1.54) is 16.8 Å². The molecule has 2 aromatic carbocycles. The van der Waals surface area contributed by atoms with E-state index in [2.05, 4.69) is 5.10 Å². The summed E-state index contributed by atoms with van der Waals surface area (Å²) in [5.41, 5.74) is 9.17. The molecule has 3 rings (SSSR count). The molecule has 0 saturated heterocycles. The minimum atomic E-state index is -0.448. The summed E-state index contributed by atoms with van der Waals surface area (Å²) in [6, 6.07) is 13.5. The normalized spacial score (nSPS) is 10.7. The number of halogens is 1. The molecular weight excluding hydrogens is 316 g/mol. The van der Waals surface area contributed by atoms with Crippen molar-refractivity contribution in [1.82, 2.24) is 9.78 Å². The Labute approximate surface area is 137 Å². The summed E-state index contributed by atoms with van der Waals surface area (Å²) >= 11 is 5.91. The van der Waals surface area contributed by atoms with Crippen molar-refractivity contribution >= 4 is 23.1 Å². The van der Waals surface area contributed by atoms with E-state index in [0.717, 1.165) is 16.8 Å². The summed E-state index contributed by atoms with van der Waals surface area (Å²) in [4.78, 5) is 10.5. The molecule has 0 spiro atoms. The van der Waals surface area contributed by atoms with Gasteiger partial charge in [0.25, 0.3) is 5.69 Å². The van der Waals surface area contributed by atoms with Crippen molar-refractivity contribution < 1.29 is 4.92 Å². The quantitative estimate of drug-likeness (QED) is 0.581. The smallest absolute Gasteiger partial charge is 0.271 e. The fourth-order valence-electron chi connectivity index (χ4n) is 2.45. The molecule has 2 N–H and O–H groups in total. The van der Waals surface area contributed by atoms with E-state index in [-0.39, 0.29) is 5.69 Å². The molecule has 0 amide bonds. The molecule has 0 atom stereocenters. The lowest BCUT2D eigenvalue weighted by atomic mass is 10.1. The number of benzene rings is 2. The van der Waals surface area contributed by atoms with Crippen LogP contribution >= 0.6 is 11.6 Å². The van der Waals surface area contributed by atoms with Gasteiger partial charge in [-0.05, 0) is 30.7 Å². The fourth-order valence-corrected chi connectivity index (χ4v) is 2.58. The number of aromatic nitrogens is 2. The van der Waals surface area contributed by atoms with Gasteiger partial charge in [0.05, 0.1) is 16.3 Å². The monoisotopic (exact) mass is 328 g/mol. The molecule has 6 nitrogen and oxygen atoms in total. The van der Waals surface area contributed by atoms with Crippen molar-refractivity contribution in [3.8, 4) is 16.8 Å². The van der Waals surface area contributed by atoms with E-state index in [4.69, 9.17) is 17.3 Å². The molecule has 0 unspecified atom stereocenters. The summed E-state index contributed by atoms with van der Waals surface area (Å²) in [5, 5.41) is 16.0. The van der Waals surface area contributed by atoms with Gasteiger partial charge in [-0.15, -0.1) is 0 Å². The third kappa shape index (κ3) is 2.76. The molecule has 1 heterocycles. The first-order chi connectivity index (χ1) is 11.0. The number of aryl methyl sites for hydroxylation is 1. The first-order valence-corrected chi connectivity index (χ1v) is 7.21. The summed E-state index contributed by atoms with van der Waals surface area (Å²) in [7, 11) is 0. The van der Waals surface area contributed by atoms with Gasteiger partial charge in [-0.2, -0.15) is 5.10 Å². The molecule has 7 heteroatoms. The van der Waals surface area contributed by atoms with Gasteiger partial charge in [0.2, 0.25) is 0 Å². The number of nitro benzene ring substituents is 1. The lowest BCUT2D eigenvalue weighted by Gasteiger charge is -2.05. The summed E-state index contributed by atoms with van der Waals surface area (Å²) < 4.78 is 1.51. The maximum atomic E-state index is 10.9. The zero-order valence-electron chi connectivity index (χ0n) is 12.2. The molecule has 116 valence electrons. The maximum Gasteiger partial charge on any atom is 0.271 e. The van der Waals surface area contributed by atoms with Crippen LogP contribution in [-0.2, 0) is 0 Å². The molecule has 23 heavy (non-hydrogen) atoms. The Bertz CT molecular complexity index is 888. The molecule has 0 radical (unpaired) electrons. The number of non-ortho nitro benzene ring substituents is 1. The SMILES string of the molecule is Cc1nn(-c2cccc([N+](=O)[O-])c2)c(N)c1-c1ccc(Cl)cc1. The Morgan fingerprint density at radius 2 is 1.91 bits per heavy atom. The zero-order chi connectivity index (χ0) is 16.6. The van der Waals surface area contributed by atoms with E-state index in [0.29, 0.717) is 16.5 Å². The second-order valence-corrected chi connectivity index (χ2v) is 5.48. The van der Waals surface area contributed by atoms with E-state index >= 15 is 0 Å². The van der Waals surface area contributed by atoms with Crippen molar-refractivity contribution in [2.75, 3.05) is 5.73 Å². The third-order valence-electron chi connectivity index (χ3n) is 3.51. The van der Waals surface area contributed by atoms with Crippen molar-refractivity contribution in [1.29, 1.82) is 0 Å². The highest BCUT2D eigenvalue weighted by Crippen LogP contribution is 2.32. The van der Waals surface area contributed by atoms with E-state index in [1.807, 2.05) is 19.1 Å². The fraction of sp³-hybridized carbons (Fsp3) is 0.0625. The average Bonchev–Trinajstić information content (AvgIpc) is 2.83. The number of hydrogen-bond acceptors (Lipinski definition) is 4. The molecular formula is C16H13ClN4O2. The number of hydrogen-bond donors (Lipinski definition) is 1. The van der Waals surface area contributed by atoms with Crippen LogP contribution in [-0.4, -0.2) is 14.7 Å². The molecule has 0 bridgehead atoms. The highest BCUT2D eigenvalue weighted by Gasteiger charge is 2.17. The van der Waals surface area contributed by atoms with Crippen LogP contribution in [0.25, 0.3) is 16.8 Å². The number of nitrogen functional groups attached to an aromatic ring is 1. The van der Waals surface area contributed by atoms with Gasteiger partial charge in [0.15, 0.2) is 0 Å². The minimum absolute atomic E-state index is 0.0110. The second kappa shape index (κ2) is 5.73. The van der Waals surface area contributed by atoms with E-state index < -0.39 is 4.92 Å². The standard InChI is InChI=1S/C16H13ClN4O2/c1-10-15(11-5-7-12(17)8-6-11)16(18)20(19-10)13-3-2-4-14(9-13)21(22)23/h2-9H,18H2,1H3. The van der Waals surface area contributed by atoms with Crippen LogP contribution in [0.4, 0.5) is 11.5 Å². The number of anilines is 1. The maximum absolute atomic E-state index is 10.9. The summed E-state index contributed by atoms with van der Waals surface area (Å²) in [5.74, 6) is 0.422. The molecule has 0 fully saturated rings. The average molecular weight is 329 g/mol. The van der Waals surface area contributed by atoms with Crippen molar-refractivity contribution in [3.63, 3.8) is 0 Å². The van der Waals surface area contributed by atoms with E-state index in [9.17, 15) is 10.1 Å². The molecule has 0 aliphatic carbocycles. The Morgan fingerprint density at radius 3 is 2.57 bits per heavy atom. The van der Waals surface area contributed by atoms with Crippen LogP contribution in [0.1, 0.15) is 5.69 Å². The number of nitrogens with two attached hydrogens (primary N) is 1. The van der Waals surface area contributed by atoms with Gasteiger partial charge >= 0.3 is 0 Å². The van der Waals surface area contributed by atoms with Crippen molar-refractivity contribution in [2.24, 2.45) is 0 Å².